The van der Waals surface area contributed by atoms with Crippen LogP contribution in [-0.2, 0) is 9.53 Å². The SMILES string of the molecule is COCCNCC(=O)Nc1ccc(C(C)=O)cc1. The number of anilines is 1. The Morgan fingerprint density at radius 1 is 1.22 bits per heavy atom. The van der Waals surface area contributed by atoms with Gasteiger partial charge in [0.1, 0.15) is 0 Å². The topological polar surface area (TPSA) is 67.4 Å². The highest BCUT2D eigenvalue weighted by atomic mass is 16.5. The van der Waals surface area contributed by atoms with Crippen LogP contribution in [0.15, 0.2) is 24.3 Å². The highest BCUT2D eigenvalue weighted by Crippen LogP contribution is 2.09. The third-order valence-electron chi connectivity index (χ3n) is 2.34. The molecule has 1 rings (SSSR count). The van der Waals surface area contributed by atoms with Crippen molar-refractivity contribution in [1.82, 2.24) is 5.32 Å². The van der Waals surface area contributed by atoms with Crippen LogP contribution in [0.2, 0.25) is 0 Å². The largest absolute Gasteiger partial charge is 0.383 e. The van der Waals surface area contributed by atoms with Crippen molar-refractivity contribution in [2.75, 3.05) is 32.1 Å². The van der Waals surface area contributed by atoms with Crippen LogP contribution in [0.3, 0.4) is 0 Å². The summed E-state index contributed by atoms with van der Waals surface area (Å²) in [6.45, 7) is 2.94. The summed E-state index contributed by atoms with van der Waals surface area (Å²) in [5, 5.41) is 5.68. The van der Waals surface area contributed by atoms with Gasteiger partial charge in [0, 0.05) is 24.9 Å². The van der Waals surface area contributed by atoms with Crippen molar-refractivity contribution in [2.24, 2.45) is 0 Å². The molecule has 0 saturated heterocycles. The van der Waals surface area contributed by atoms with Crippen LogP contribution in [0.25, 0.3) is 0 Å². The molecule has 0 saturated carbocycles. The minimum Gasteiger partial charge on any atom is -0.383 e. The molecule has 1 aromatic carbocycles. The zero-order chi connectivity index (χ0) is 13.4. The molecule has 0 aliphatic heterocycles. The van der Waals surface area contributed by atoms with E-state index in [1.807, 2.05) is 0 Å². The lowest BCUT2D eigenvalue weighted by Crippen LogP contribution is -2.30. The van der Waals surface area contributed by atoms with Crippen LogP contribution in [0.4, 0.5) is 5.69 Å². The number of amides is 1. The molecule has 2 N–H and O–H groups in total. The molecule has 0 unspecified atom stereocenters. The van der Waals surface area contributed by atoms with Crippen molar-refractivity contribution < 1.29 is 14.3 Å². The lowest BCUT2D eigenvalue weighted by Gasteiger charge is -2.06. The quantitative estimate of drug-likeness (QED) is 0.561. The Bertz CT molecular complexity index is 401. The third-order valence-corrected chi connectivity index (χ3v) is 2.34. The maximum atomic E-state index is 11.5. The van der Waals surface area contributed by atoms with Crippen molar-refractivity contribution in [3.63, 3.8) is 0 Å². The molecule has 98 valence electrons. The third kappa shape index (κ3) is 5.07. The number of carbonyl (C=O) groups excluding carboxylic acids is 2. The fraction of sp³-hybridized carbons (Fsp3) is 0.385. The zero-order valence-electron chi connectivity index (χ0n) is 10.7. The Morgan fingerprint density at radius 2 is 1.89 bits per heavy atom. The monoisotopic (exact) mass is 250 g/mol. The molecule has 0 bridgehead atoms. The Labute approximate surface area is 107 Å². The van der Waals surface area contributed by atoms with Gasteiger partial charge in [0.2, 0.25) is 5.91 Å². The average Bonchev–Trinajstić information content (AvgIpc) is 2.35. The van der Waals surface area contributed by atoms with Gasteiger partial charge >= 0.3 is 0 Å². The van der Waals surface area contributed by atoms with Crippen LogP contribution in [0.1, 0.15) is 17.3 Å². The number of ketones is 1. The van der Waals surface area contributed by atoms with E-state index >= 15 is 0 Å². The van der Waals surface area contributed by atoms with Gasteiger partial charge in [-0.25, -0.2) is 0 Å². The second-order valence-electron chi connectivity index (χ2n) is 3.85. The molecular weight excluding hydrogens is 232 g/mol. The Hall–Kier alpha value is -1.72. The number of Topliss-reactive ketones (excluding diaryl/α,β-unsaturated/α-hetero) is 1. The average molecular weight is 250 g/mol. The van der Waals surface area contributed by atoms with Crippen molar-refractivity contribution >= 4 is 17.4 Å². The number of methoxy groups -OCH3 is 1. The molecule has 18 heavy (non-hydrogen) atoms. The number of nitrogens with one attached hydrogen (secondary N) is 2. The van der Waals surface area contributed by atoms with Gasteiger partial charge in [-0.2, -0.15) is 0 Å². The van der Waals surface area contributed by atoms with E-state index in [1.54, 1.807) is 31.4 Å². The standard InChI is InChI=1S/C13H18N2O3/c1-10(16)11-3-5-12(6-4-11)15-13(17)9-14-7-8-18-2/h3-6,14H,7-9H2,1-2H3,(H,15,17). The van der Waals surface area contributed by atoms with E-state index in [0.717, 1.165) is 0 Å². The van der Waals surface area contributed by atoms with Gasteiger partial charge in [0.05, 0.1) is 13.2 Å². The van der Waals surface area contributed by atoms with Crippen LogP contribution >= 0.6 is 0 Å². The fourth-order valence-electron chi connectivity index (χ4n) is 1.37. The summed E-state index contributed by atoms with van der Waals surface area (Å²) in [5.41, 5.74) is 1.31. The molecule has 0 aliphatic carbocycles. The summed E-state index contributed by atoms with van der Waals surface area (Å²) in [4.78, 5) is 22.6. The van der Waals surface area contributed by atoms with E-state index in [1.165, 1.54) is 6.92 Å². The van der Waals surface area contributed by atoms with Gasteiger partial charge in [-0.1, -0.05) is 0 Å². The number of ether oxygens (including phenoxy) is 1. The molecule has 5 heteroatoms. The molecule has 0 aromatic heterocycles. The minimum atomic E-state index is -0.123. The summed E-state index contributed by atoms with van der Waals surface area (Å²) in [6.07, 6.45) is 0. The van der Waals surface area contributed by atoms with E-state index in [9.17, 15) is 9.59 Å². The second-order valence-corrected chi connectivity index (χ2v) is 3.85. The van der Waals surface area contributed by atoms with Crippen molar-refractivity contribution in [1.29, 1.82) is 0 Å². The lowest BCUT2D eigenvalue weighted by atomic mass is 10.1. The second kappa shape index (κ2) is 7.58. The normalized spacial score (nSPS) is 10.1. The molecule has 0 atom stereocenters. The molecule has 5 nitrogen and oxygen atoms in total. The molecular formula is C13H18N2O3. The molecule has 0 aliphatic rings. The summed E-state index contributed by atoms with van der Waals surface area (Å²) in [7, 11) is 1.61. The molecule has 1 aromatic rings. The summed E-state index contributed by atoms with van der Waals surface area (Å²) in [6, 6.07) is 6.81. The first-order valence-electron chi connectivity index (χ1n) is 5.74. The van der Waals surface area contributed by atoms with Crippen LogP contribution in [0.5, 0.6) is 0 Å². The number of benzene rings is 1. The summed E-state index contributed by atoms with van der Waals surface area (Å²) < 4.78 is 4.85. The first-order chi connectivity index (χ1) is 8.63. The van der Waals surface area contributed by atoms with E-state index in [0.29, 0.717) is 24.4 Å². The van der Waals surface area contributed by atoms with Crippen LogP contribution < -0.4 is 10.6 Å². The van der Waals surface area contributed by atoms with E-state index in [2.05, 4.69) is 10.6 Å². The highest BCUT2D eigenvalue weighted by Gasteiger charge is 2.03. The van der Waals surface area contributed by atoms with Crippen molar-refractivity contribution in [3.8, 4) is 0 Å². The molecule has 0 heterocycles. The first-order valence-corrected chi connectivity index (χ1v) is 5.74. The molecule has 0 fully saturated rings. The van der Waals surface area contributed by atoms with E-state index < -0.39 is 0 Å². The first kappa shape index (κ1) is 14.3. The van der Waals surface area contributed by atoms with Gasteiger partial charge in [-0.05, 0) is 31.2 Å². The molecule has 0 spiro atoms. The summed E-state index contributed by atoms with van der Waals surface area (Å²) in [5.74, 6) is -0.115. The Kier molecular flexibility index (Phi) is 6.04. The van der Waals surface area contributed by atoms with Gasteiger partial charge in [0.25, 0.3) is 0 Å². The maximum Gasteiger partial charge on any atom is 0.238 e. The van der Waals surface area contributed by atoms with Gasteiger partial charge < -0.3 is 15.4 Å². The number of rotatable bonds is 7. The number of hydrogen-bond donors (Lipinski definition) is 2. The van der Waals surface area contributed by atoms with Gasteiger partial charge in [-0.15, -0.1) is 0 Å². The smallest absolute Gasteiger partial charge is 0.238 e. The lowest BCUT2D eigenvalue weighted by molar-refractivity contribution is -0.115. The Balaban J connectivity index is 2.37. The zero-order valence-corrected chi connectivity index (χ0v) is 10.7. The summed E-state index contributed by atoms with van der Waals surface area (Å²) >= 11 is 0. The van der Waals surface area contributed by atoms with E-state index in [-0.39, 0.29) is 18.2 Å². The highest BCUT2D eigenvalue weighted by molar-refractivity contribution is 5.96. The number of carbonyl (C=O) groups is 2. The minimum absolute atomic E-state index is 0.00843. The maximum absolute atomic E-state index is 11.5. The van der Waals surface area contributed by atoms with Crippen LogP contribution in [0, 0.1) is 0 Å². The van der Waals surface area contributed by atoms with Crippen molar-refractivity contribution in [3.05, 3.63) is 29.8 Å². The number of hydrogen-bond acceptors (Lipinski definition) is 4. The molecule has 0 radical (unpaired) electrons. The predicted molar refractivity (Wildman–Crippen MR) is 69.8 cm³/mol. The fourth-order valence-corrected chi connectivity index (χ4v) is 1.37. The van der Waals surface area contributed by atoms with Crippen molar-refractivity contribution in [2.45, 2.75) is 6.92 Å². The molecule has 1 amide bonds. The van der Waals surface area contributed by atoms with Gasteiger partial charge in [-0.3, -0.25) is 9.59 Å². The van der Waals surface area contributed by atoms with Gasteiger partial charge in [0.15, 0.2) is 5.78 Å². The Morgan fingerprint density at radius 3 is 2.44 bits per heavy atom. The van der Waals surface area contributed by atoms with Crippen LogP contribution in [-0.4, -0.2) is 38.5 Å². The predicted octanol–water partition coefficient (Wildman–Crippen LogP) is 1.06. The van der Waals surface area contributed by atoms with E-state index in [4.69, 9.17) is 4.74 Å².